The molecule has 1 aromatic rings. The molecule has 1 aliphatic carbocycles. The van der Waals surface area contributed by atoms with Gasteiger partial charge in [-0.25, -0.2) is 0 Å². The Kier molecular flexibility index (Phi) is 4.28. The highest BCUT2D eigenvalue weighted by Gasteiger charge is 2.28. The summed E-state index contributed by atoms with van der Waals surface area (Å²) in [6.45, 7) is 5.01. The fraction of sp³-hybridized carbons (Fsp3) is 0.625. The summed E-state index contributed by atoms with van der Waals surface area (Å²) < 4.78 is 0. The molecule has 0 bridgehead atoms. The second-order valence-electron chi connectivity index (χ2n) is 5.63. The lowest BCUT2D eigenvalue weighted by molar-refractivity contribution is 0.0167. The van der Waals surface area contributed by atoms with Gasteiger partial charge in [0.1, 0.15) is 0 Å². The summed E-state index contributed by atoms with van der Waals surface area (Å²) in [4.78, 5) is 0. The highest BCUT2D eigenvalue weighted by molar-refractivity contribution is 5.48. The van der Waals surface area contributed by atoms with E-state index in [9.17, 15) is 5.11 Å². The van der Waals surface area contributed by atoms with Gasteiger partial charge in [-0.15, -0.1) is 0 Å². The fourth-order valence-corrected chi connectivity index (χ4v) is 2.82. The van der Waals surface area contributed by atoms with Crippen LogP contribution in [0.3, 0.4) is 0 Å². The van der Waals surface area contributed by atoms with Crippen molar-refractivity contribution in [3.8, 4) is 0 Å². The molecule has 1 saturated carbocycles. The number of hydrogen-bond acceptors (Lipinski definition) is 2. The number of rotatable bonds is 4. The minimum Gasteiger partial charge on any atom is -0.388 e. The standard InChI is InChI=1S/C16H25NO/c1-3-14-11-15(8-7-13(14)2)17-12-16(18)9-5-4-6-10-16/h7-8,11,17-18H,3-6,9-10,12H2,1-2H3. The Balaban J connectivity index is 1.97. The highest BCUT2D eigenvalue weighted by Crippen LogP contribution is 2.28. The summed E-state index contributed by atoms with van der Waals surface area (Å²) in [6.07, 6.45) is 6.52. The average molecular weight is 247 g/mol. The second kappa shape index (κ2) is 5.75. The Morgan fingerprint density at radius 3 is 2.61 bits per heavy atom. The smallest absolute Gasteiger partial charge is 0.0819 e. The summed E-state index contributed by atoms with van der Waals surface area (Å²) >= 11 is 0. The largest absolute Gasteiger partial charge is 0.388 e. The maximum Gasteiger partial charge on any atom is 0.0819 e. The first-order valence-electron chi connectivity index (χ1n) is 7.19. The Morgan fingerprint density at radius 2 is 1.94 bits per heavy atom. The fourth-order valence-electron chi connectivity index (χ4n) is 2.82. The van der Waals surface area contributed by atoms with Crippen LogP contribution in [0, 0.1) is 6.92 Å². The molecule has 0 atom stereocenters. The van der Waals surface area contributed by atoms with Gasteiger partial charge in [0.2, 0.25) is 0 Å². The molecular formula is C16H25NO. The molecule has 1 fully saturated rings. The van der Waals surface area contributed by atoms with E-state index in [0.717, 1.165) is 37.8 Å². The minimum atomic E-state index is -0.491. The van der Waals surface area contributed by atoms with E-state index >= 15 is 0 Å². The molecule has 2 heteroatoms. The zero-order valence-electron chi connectivity index (χ0n) is 11.6. The van der Waals surface area contributed by atoms with E-state index in [2.05, 4.69) is 37.4 Å². The van der Waals surface area contributed by atoms with Crippen molar-refractivity contribution >= 4 is 5.69 Å². The normalized spacial score (nSPS) is 18.6. The van der Waals surface area contributed by atoms with Crippen LogP contribution >= 0.6 is 0 Å². The number of hydrogen-bond donors (Lipinski definition) is 2. The van der Waals surface area contributed by atoms with Crippen LogP contribution in [0.1, 0.15) is 50.2 Å². The lowest BCUT2D eigenvalue weighted by Gasteiger charge is -2.32. The van der Waals surface area contributed by atoms with Crippen molar-refractivity contribution in [1.29, 1.82) is 0 Å². The number of aryl methyl sites for hydroxylation is 2. The van der Waals surface area contributed by atoms with Crippen molar-refractivity contribution in [3.05, 3.63) is 29.3 Å². The number of anilines is 1. The first-order valence-corrected chi connectivity index (χ1v) is 7.19. The van der Waals surface area contributed by atoms with Crippen molar-refractivity contribution in [2.24, 2.45) is 0 Å². The predicted octanol–water partition coefficient (Wildman–Crippen LogP) is 3.66. The van der Waals surface area contributed by atoms with Gasteiger partial charge in [-0.2, -0.15) is 0 Å². The van der Waals surface area contributed by atoms with Gasteiger partial charge < -0.3 is 10.4 Å². The molecule has 0 aromatic heterocycles. The molecule has 0 spiro atoms. The first-order chi connectivity index (χ1) is 8.63. The van der Waals surface area contributed by atoms with Crippen LogP contribution in [0.15, 0.2) is 18.2 Å². The zero-order valence-corrected chi connectivity index (χ0v) is 11.6. The van der Waals surface area contributed by atoms with Gasteiger partial charge in [0.05, 0.1) is 5.60 Å². The third kappa shape index (κ3) is 3.26. The average Bonchev–Trinajstić information content (AvgIpc) is 2.39. The summed E-state index contributed by atoms with van der Waals surface area (Å²) in [7, 11) is 0. The van der Waals surface area contributed by atoms with E-state index in [1.807, 2.05) is 0 Å². The van der Waals surface area contributed by atoms with Gasteiger partial charge in [-0.3, -0.25) is 0 Å². The summed E-state index contributed by atoms with van der Waals surface area (Å²) in [6, 6.07) is 6.48. The van der Waals surface area contributed by atoms with Crippen LogP contribution < -0.4 is 5.32 Å². The Hall–Kier alpha value is -1.02. The molecule has 18 heavy (non-hydrogen) atoms. The monoisotopic (exact) mass is 247 g/mol. The van der Waals surface area contributed by atoms with E-state index < -0.39 is 5.60 Å². The summed E-state index contributed by atoms with van der Waals surface area (Å²) in [5, 5.41) is 13.9. The van der Waals surface area contributed by atoms with Gasteiger partial charge in [-0.1, -0.05) is 32.3 Å². The Labute approximate surface area is 110 Å². The van der Waals surface area contributed by atoms with E-state index in [0.29, 0.717) is 6.54 Å². The van der Waals surface area contributed by atoms with Gasteiger partial charge >= 0.3 is 0 Å². The highest BCUT2D eigenvalue weighted by atomic mass is 16.3. The number of aliphatic hydroxyl groups is 1. The minimum absolute atomic E-state index is 0.491. The van der Waals surface area contributed by atoms with Gasteiger partial charge in [0, 0.05) is 12.2 Å². The second-order valence-corrected chi connectivity index (χ2v) is 5.63. The molecule has 0 heterocycles. The third-order valence-corrected chi connectivity index (χ3v) is 4.14. The van der Waals surface area contributed by atoms with Crippen LogP contribution in [0.2, 0.25) is 0 Å². The molecule has 2 nitrogen and oxygen atoms in total. The maximum atomic E-state index is 10.5. The molecule has 0 unspecified atom stereocenters. The molecule has 100 valence electrons. The van der Waals surface area contributed by atoms with Crippen molar-refractivity contribution in [2.75, 3.05) is 11.9 Å². The molecule has 0 radical (unpaired) electrons. The lowest BCUT2D eigenvalue weighted by atomic mass is 9.85. The van der Waals surface area contributed by atoms with Crippen LogP contribution in [-0.4, -0.2) is 17.3 Å². The quantitative estimate of drug-likeness (QED) is 0.851. The van der Waals surface area contributed by atoms with Crippen molar-refractivity contribution < 1.29 is 5.11 Å². The van der Waals surface area contributed by atoms with Gasteiger partial charge in [0.25, 0.3) is 0 Å². The van der Waals surface area contributed by atoms with Crippen molar-refractivity contribution in [1.82, 2.24) is 0 Å². The molecule has 1 aromatic carbocycles. The Bertz CT molecular complexity index is 394. The zero-order chi connectivity index (χ0) is 13.0. The van der Waals surface area contributed by atoms with Crippen molar-refractivity contribution in [3.63, 3.8) is 0 Å². The van der Waals surface area contributed by atoms with Crippen LogP contribution in [0.5, 0.6) is 0 Å². The molecule has 0 aliphatic heterocycles. The summed E-state index contributed by atoms with van der Waals surface area (Å²) in [5.74, 6) is 0. The summed E-state index contributed by atoms with van der Waals surface area (Å²) in [5.41, 5.74) is 3.38. The van der Waals surface area contributed by atoms with Gasteiger partial charge in [0.15, 0.2) is 0 Å². The number of benzene rings is 1. The van der Waals surface area contributed by atoms with E-state index in [4.69, 9.17) is 0 Å². The van der Waals surface area contributed by atoms with Gasteiger partial charge in [-0.05, 0) is 49.4 Å². The third-order valence-electron chi connectivity index (χ3n) is 4.14. The van der Waals surface area contributed by atoms with Crippen LogP contribution in [0.4, 0.5) is 5.69 Å². The van der Waals surface area contributed by atoms with Crippen molar-refractivity contribution in [2.45, 2.75) is 58.0 Å². The molecule has 1 aliphatic rings. The SMILES string of the molecule is CCc1cc(NCC2(O)CCCCC2)ccc1C. The molecule has 2 rings (SSSR count). The Morgan fingerprint density at radius 1 is 1.22 bits per heavy atom. The topological polar surface area (TPSA) is 32.3 Å². The lowest BCUT2D eigenvalue weighted by Crippen LogP contribution is -2.38. The first kappa shape index (κ1) is 13.4. The predicted molar refractivity (Wildman–Crippen MR) is 77.1 cm³/mol. The van der Waals surface area contributed by atoms with E-state index in [-0.39, 0.29) is 0 Å². The number of nitrogens with one attached hydrogen (secondary N) is 1. The van der Waals surface area contributed by atoms with Crippen LogP contribution in [0.25, 0.3) is 0 Å². The molecule has 0 saturated heterocycles. The van der Waals surface area contributed by atoms with E-state index in [1.54, 1.807) is 0 Å². The molecule has 0 amide bonds. The molecule has 2 N–H and O–H groups in total. The molecular weight excluding hydrogens is 222 g/mol. The van der Waals surface area contributed by atoms with E-state index in [1.165, 1.54) is 17.5 Å². The maximum absolute atomic E-state index is 10.5. The van der Waals surface area contributed by atoms with Crippen LogP contribution in [-0.2, 0) is 6.42 Å².